The molecule has 0 atom stereocenters. The molecule has 1 aromatic heterocycles. The van der Waals surface area contributed by atoms with E-state index in [1.54, 1.807) is 0 Å². The second-order valence-corrected chi connectivity index (χ2v) is 5.46. The highest BCUT2D eigenvalue weighted by Gasteiger charge is 2.06. The van der Waals surface area contributed by atoms with Gasteiger partial charge in [0, 0.05) is 10.2 Å². The Morgan fingerprint density at radius 1 is 1.17 bits per heavy atom. The molecular weight excluding hydrogens is 308 g/mol. The van der Waals surface area contributed by atoms with E-state index < -0.39 is 0 Å². The lowest BCUT2D eigenvalue weighted by Gasteiger charge is -2.06. The van der Waals surface area contributed by atoms with Crippen molar-refractivity contribution in [3.63, 3.8) is 0 Å². The lowest BCUT2D eigenvalue weighted by molar-refractivity contribution is 1.06. The highest BCUT2D eigenvalue weighted by Crippen LogP contribution is 2.23. The first-order valence-electron chi connectivity index (χ1n) is 5.63. The summed E-state index contributed by atoms with van der Waals surface area (Å²) in [5.74, 6) is 0. The minimum absolute atomic E-state index is 0.720. The molecule has 2 nitrogen and oxygen atoms in total. The van der Waals surface area contributed by atoms with Gasteiger partial charge in [-0.05, 0) is 55.0 Å². The number of fused-ring (bicyclic) bond motifs is 1. The number of halogens is 1. The molecule has 0 bridgehead atoms. The van der Waals surface area contributed by atoms with Crippen LogP contribution < -0.4 is 0 Å². The van der Waals surface area contributed by atoms with Gasteiger partial charge in [0.15, 0.2) is 4.77 Å². The van der Waals surface area contributed by atoms with E-state index in [4.69, 9.17) is 12.2 Å². The van der Waals surface area contributed by atoms with E-state index in [-0.39, 0.29) is 0 Å². The molecule has 0 aliphatic heterocycles. The van der Waals surface area contributed by atoms with E-state index in [9.17, 15) is 0 Å². The molecule has 1 N–H and O–H groups in total. The standard InChI is InChI=1S/C14H11BrN2S/c1-9-8-10(6-7-11(9)15)17-13-5-3-2-4-12(13)16-14(17)18/h2-8H,1H3,(H,16,18). The molecule has 4 heteroatoms. The highest BCUT2D eigenvalue weighted by molar-refractivity contribution is 9.10. The van der Waals surface area contributed by atoms with Gasteiger partial charge in [-0.25, -0.2) is 0 Å². The van der Waals surface area contributed by atoms with Crippen LogP contribution in [-0.4, -0.2) is 9.55 Å². The monoisotopic (exact) mass is 318 g/mol. The van der Waals surface area contributed by atoms with Gasteiger partial charge in [0.2, 0.25) is 0 Å². The maximum absolute atomic E-state index is 5.41. The van der Waals surface area contributed by atoms with E-state index >= 15 is 0 Å². The summed E-state index contributed by atoms with van der Waals surface area (Å²) in [6.07, 6.45) is 0. The van der Waals surface area contributed by atoms with Crippen molar-refractivity contribution in [3.05, 3.63) is 57.3 Å². The molecule has 0 unspecified atom stereocenters. The van der Waals surface area contributed by atoms with Crippen LogP contribution in [0.25, 0.3) is 16.7 Å². The quantitative estimate of drug-likeness (QED) is 0.641. The van der Waals surface area contributed by atoms with Crippen molar-refractivity contribution in [2.75, 3.05) is 0 Å². The average molecular weight is 319 g/mol. The fourth-order valence-corrected chi connectivity index (χ4v) is 2.64. The zero-order valence-electron chi connectivity index (χ0n) is 9.77. The van der Waals surface area contributed by atoms with Gasteiger partial charge >= 0.3 is 0 Å². The van der Waals surface area contributed by atoms with Crippen LogP contribution in [-0.2, 0) is 0 Å². The van der Waals surface area contributed by atoms with Gasteiger partial charge in [0.1, 0.15) is 0 Å². The number of benzene rings is 2. The number of nitrogens with zero attached hydrogens (tertiary/aromatic N) is 1. The Bertz CT molecular complexity index is 786. The van der Waals surface area contributed by atoms with Crippen LogP contribution in [0.4, 0.5) is 0 Å². The fourth-order valence-electron chi connectivity index (χ4n) is 2.08. The molecule has 0 spiro atoms. The number of aryl methyl sites for hydroxylation is 1. The molecule has 90 valence electrons. The van der Waals surface area contributed by atoms with E-state index in [0.29, 0.717) is 0 Å². The number of nitrogens with one attached hydrogen (secondary N) is 1. The van der Waals surface area contributed by atoms with Crippen molar-refractivity contribution in [1.29, 1.82) is 0 Å². The van der Waals surface area contributed by atoms with E-state index in [2.05, 4.69) is 50.6 Å². The SMILES string of the molecule is Cc1cc(-n2c(=S)[nH]c3ccccc32)ccc1Br. The van der Waals surface area contributed by atoms with E-state index in [0.717, 1.165) is 26.0 Å². The van der Waals surface area contributed by atoms with Crippen molar-refractivity contribution in [1.82, 2.24) is 9.55 Å². The molecule has 0 fully saturated rings. The Morgan fingerprint density at radius 2 is 1.94 bits per heavy atom. The van der Waals surface area contributed by atoms with Crippen LogP contribution in [0.1, 0.15) is 5.56 Å². The second-order valence-electron chi connectivity index (χ2n) is 4.22. The van der Waals surface area contributed by atoms with Crippen molar-refractivity contribution in [3.8, 4) is 5.69 Å². The van der Waals surface area contributed by atoms with Gasteiger partial charge in [0.05, 0.1) is 11.0 Å². The summed E-state index contributed by atoms with van der Waals surface area (Å²) in [7, 11) is 0. The molecule has 0 aliphatic carbocycles. The maximum atomic E-state index is 5.41. The lowest BCUT2D eigenvalue weighted by Crippen LogP contribution is -1.94. The third-order valence-corrected chi connectivity index (χ3v) is 4.16. The molecule has 2 aromatic carbocycles. The number of aromatic nitrogens is 2. The van der Waals surface area contributed by atoms with Gasteiger partial charge in [-0.1, -0.05) is 28.1 Å². The summed E-state index contributed by atoms with van der Waals surface area (Å²) < 4.78 is 3.89. The highest BCUT2D eigenvalue weighted by atomic mass is 79.9. The third-order valence-electron chi connectivity index (χ3n) is 2.99. The van der Waals surface area contributed by atoms with Crippen molar-refractivity contribution >= 4 is 39.2 Å². The predicted octanol–water partition coefficient (Wildman–Crippen LogP) is 4.76. The zero-order valence-corrected chi connectivity index (χ0v) is 12.2. The molecule has 1 heterocycles. The van der Waals surface area contributed by atoms with Crippen molar-refractivity contribution < 1.29 is 0 Å². The minimum Gasteiger partial charge on any atom is -0.330 e. The average Bonchev–Trinajstić information content (AvgIpc) is 2.69. The predicted molar refractivity (Wildman–Crippen MR) is 80.9 cm³/mol. The Kier molecular flexibility index (Phi) is 2.84. The number of hydrogen-bond donors (Lipinski definition) is 1. The summed E-state index contributed by atoms with van der Waals surface area (Å²) in [6, 6.07) is 14.4. The third kappa shape index (κ3) is 1.82. The van der Waals surface area contributed by atoms with Crippen LogP contribution in [0.2, 0.25) is 0 Å². The summed E-state index contributed by atoms with van der Waals surface area (Å²) >= 11 is 8.92. The largest absolute Gasteiger partial charge is 0.330 e. The topological polar surface area (TPSA) is 20.7 Å². The van der Waals surface area contributed by atoms with Crippen molar-refractivity contribution in [2.24, 2.45) is 0 Å². The van der Waals surface area contributed by atoms with Gasteiger partial charge in [-0.15, -0.1) is 0 Å². The zero-order chi connectivity index (χ0) is 12.7. The Morgan fingerprint density at radius 3 is 2.72 bits per heavy atom. The first-order valence-corrected chi connectivity index (χ1v) is 6.83. The number of rotatable bonds is 1. The molecule has 0 saturated carbocycles. The Hall–Kier alpha value is -1.39. The molecule has 0 saturated heterocycles. The van der Waals surface area contributed by atoms with Gasteiger partial charge in [0.25, 0.3) is 0 Å². The summed E-state index contributed by atoms with van der Waals surface area (Å²) in [5.41, 5.74) is 4.44. The number of imidazole rings is 1. The first-order chi connectivity index (χ1) is 8.66. The number of aromatic amines is 1. The molecule has 3 aromatic rings. The van der Waals surface area contributed by atoms with Crippen LogP contribution in [0.5, 0.6) is 0 Å². The lowest BCUT2D eigenvalue weighted by atomic mass is 10.2. The smallest absolute Gasteiger partial charge is 0.182 e. The minimum atomic E-state index is 0.720. The normalized spacial score (nSPS) is 11.0. The van der Waals surface area contributed by atoms with Crippen LogP contribution in [0.15, 0.2) is 46.9 Å². The van der Waals surface area contributed by atoms with E-state index in [1.807, 2.05) is 24.3 Å². The number of para-hydroxylation sites is 2. The van der Waals surface area contributed by atoms with Crippen LogP contribution in [0, 0.1) is 11.7 Å². The van der Waals surface area contributed by atoms with Gasteiger partial charge < -0.3 is 4.98 Å². The summed E-state index contributed by atoms with van der Waals surface area (Å²) in [6.45, 7) is 2.08. The first kappa shape index (κ1) is 11.7. The molecular formula is C14H11BrN2S. The number of hydrogen-bond acceptors (Lipinski definition) is 1. The molecule has 0 amide bonds. The van der Waals surface area contributed by atoms with Gasteiger partial charge in [-0.2, -0.15) is 0 Å². The van der Waals surface area contributed by atoms with Gasteiger partial charge in [-0.3, -0.25) is 4.57 Å². The Balaban J connectivity index is 2.34. The summed E-state index contributed by atoms with van der Waals surface area (Å²) in [4.78, 5) is 3.23. The molecule has 3 rings (SSSR count). The fraction of sp³-hybridized carbons (Fsp3) is 0.0714. The second kappa shape index (κ2) is 4.37. The maximum Gasteiger partial charge on any atom is 0.182 e. The van der Waals surface area contributed by atoms with Crippen LogP contribution >= 0.6 is 28.1 Å². The summed E-state index contributed by atoms with van der Waals surface area (Å²) in [5, 5.41) is 0. The Labute approximate surface area is 118 Å². The molecule has 18 heavy (non-hydrogen) atoms. The number of H-pyrrole nitrogens is 1. The molecule has 0 aliphatic rings. The van der Waals surface area contributed by atoms with E-state index in [1.165, 1.54) is 5.56 Å². The molecule has 0 radical (unpaired) electrons. The van der Waals surface area contributed by atoms with Crippen LogP contribution in [0.3, 0.4) is 0 Å². The van der Waals surface area contributed by atoms with Crippen molar-refractivity contribution in [2.45, 2.75) is 6.92 Å².